The van der Waals surface area contributed by atoms with Crippen molar-refractivity contribution in [3.8, 4) is 0 Å². The second-order valence-electron chi connectivity index (χ2n) is 8.37. The molecule has 0 aromatic heterocycles. The van der Waals surface area contributed by atoms with Crippen LogP contribution in [0.15, 0.2) is 47.0 Å². The lowest BCUT2D eigenvalue weighted by atomic mass is 10.0. The van der Waals surface area contributed by atoms with Crippen LogP contribution < -0.4 is 5.43 Å². The molecule has 1 aromatic rings. The summed E-state index contributed by atoms with van der Waals surface area (Å²) in [7, 11) is 3.37. The molecule has 1 atom stereocenters. The molecule has 0 aliphatic carbocycles. The molecule has 1 unspecified atom stereocenters. The Morgan fingerprint density at radius 3 is 2.31 bits per heavy atom. The number of hydrogen-bond acceptors (Lipinski definition) is 5. The zero-order valence-corrected chi connectivity index (χ0v) is 21.8. The van der Waals surface area contributed by atoms with Crippen LogP contribution in [0.3, 0.4) is 0 Å². The topological polar surface area (TPSA) is 63.2 Å². The molecule has 1 amide bonds. The van der Waals surface area contributed by atoms with Gasteiger partial charge in [0, 0.05) is 41.0 Å². The first-order valence-corrected chi connectivity index (χ1v) is 11.3. The lowest BCUT2D eigenvalue weighted by Crippen LogP contribution is -2.47. The van der Waals surface area contributed by atoms with Crippen molar-refractivity contribution in [2.24, 2.45) is 11.0 Å². The van der Waals surface area contributed by atoms with Crippen molar-refractivity contribution in [1.82, 2.24) is 4.90 Å². The number of carbonyl (C=O) groups is 1. The number of amides is 1. The second kappa shape index (κ2) is 12.8. The van der Waals surface area contributed by atoms with Gasteiger partial charge in [0.2, 0.25) is 0 Å². The first-order chi connectivity index (χ1) is 14.9. The molecule has 0 saturated carbocycles. The Labute approximate surface area is 202 Å². The number of methoxy groups -OCH3 is 1. The molecular weight excluding hydrogens is 449 g/mol. The van der Waals surface area contributed by atoms with Crippen LogP contribution in [0.1, 0.15) is 48.0 Å². The van der Waals surface area contributed by atoms with E-state index in [9.17, 15) is 4.79 Å². The summed E-state index contributed by atoms with van der Waals surface area (Å²) in [5.41, 5.74) is 3.48. The number of nitrogens with one attached hydrogen (secondary N) is 1. The Bertz CT molecular complexity index is 853. The van der Waals surface area contributed by atoms with Gasteiger partial charge in [-0.15, -0.1) is 0 Å². The van der Waals surface area contributed by atoms with Gasteiger partial charge in [0.15, 0.2) is 0 Å². The van der Waals surface area contributed by atoms with E-state index < -0.39 is 0 Å². The molecule has 0 spiro atoms. The summed E-state index contributed by atoms with van der Waals surface area (Å²) < 4.78 is 11.3. The summed E-state index contributed by atoms with van der Waals surface area (Å²) in [5.74, 6) is 0.993. The number of allylic oxidation sites excluding steroid dienone is 3. The smallest absolute Gasteiger partial charge is 0.270 e. The monoisotopic (exact) mass is 483 g/mol. The number of rotatable bonds is 10. The molecule has 0 aliphatic heterocycles. The third kappa shape index (κ3) is 8.75. The molecule has 0 heterocycles. The van der Waals surface area contributed by atoms with Gasteiger partial charge in [0.05, 0.1) is 25.2 Å². The molecule has 6 nitrogen and oxygen atoms in total. The van der Waals surface area contributed by atoms with Crippen LogP contribution in [0.4, 0.5) is 5.69 Å². The average Bonchev–Trinajstić information content (AvgIpc) is 2.72. The standard InChI is InChI=1S/C24H35Cl2N3O3/c1-9-20(31-8)14-21(10-2)32-15-16(3)22(23(30)29(7)24(4,5)6)28-27-19-12-17(25)11-18(26)13-19/h9,11-14,16,27H,10,15H2,1-8H3/b20-9-,21-14+,28-22+. The van der Waals surface area contributed by atoms with Gasteiger partial charge in [0.25, 0.3) is 5.91 Å². The fourth-order valence-corrected chi connectivity index (χ4v) is 3.09. The average molecular weight is 484 g/mol. The number of ether oxygens (including phenoxy) is 2. The van der Waals surface area contributed by atoms with Gasteiger partial charge in [0.1, 0.15) is 11.5 Å². The molecule has 1 rings (SSSR count). The molecule has 0 bridgehead atoms. The number of carbonyl (C=O) groups excluding carboxylic acids is 1. The zero-order valence-electron chi connectivity index (χ0n) is 20.3. The Hall–Kier alpha value is -2.18. The third-order valence-electron chi connectivity index (χ3n) is 4.86. The Morgan fingerprint density at radius 2 is 1.84 bits per heavy atom. The minimum atomic E-state index is -0.369. The predicted molar refractivity (Wildman–Crippen MR) is 134 cm³/mol. The summed E-state index contributed by atoms with van der Waals surface area (Å²) in [6.45, 7) is 12.0. The molecule has 1 N–H and O–H groups in total. The summed E-state index contributed by atoms with van der Waals surface area (Å²) in [5, 5.41) is 5.38. The minimum Gasteiger partial charge on any atom is -0.497 e. The number of anilines is 1. The van der Waals surface area contributed by atoms with Crippen LogP contribution in [0, 0.1) is 5.92 Å². The fraction of sp³-hybridized carbons (Fsp3) is 0.500. The van der Waals surface area contributed by atoms with E-state index in [1.807, 2.05) is 53.7 Å². The molecule has 8 heteroatoms. The van der Waals surface area contributed by atoms with E-state index >= 15 is 0 Å². The third-order valence-corrected chi connectivity index (χ3v) is 5.29. The lowest BCUT2D eigenvalue weighted by Gasteiger charge is -2.33. The zero-order chi connectivity index (χ0) is 24.5. The van der Waals surface area contributed by atoms with E-state index in [2.05, 4.69) is 10.5 Å². The van der Waals surface area contributed by atoms with Crippen molar-refractivity contribution in [3.05, 3.63) is 51.9 Å². The van der Waals surface area contributed by atoms with Crippen molar-refractivity contribution < 1.29 is 14.3 Å². The van der Waals surface area contributed by atoms with Gasteiger partial charge in [-0.1, -0.05) is 37.0 Å². The first-order valence-electron chi connectivity index (χ1n) is 10.5. The molecule has 32 heavy (non-hydrogen) atoms. The van der Waals surface area contributed by atoms with Crippen LogP contribution in [0.2, 0.25) is 10.0 Å². The van der Waals surface area contributed by atoms with E-state index in [1.54, 1.807) is 37.3 Å². The van der Waals surface area contributed by atoms with Crippen LogP contribution in [0.25, 0.3) is 0 Å². The second-order valence-corrected chi connectivity index (χ2v) is 9.25. The lowest BCUT2D eigenvalue weighted by molar-refractivity contribution is -0.127. The van der Waals surface area contributed by atoms with Crippen molar-refractivity contribution in [2.45, 2.75) is 53.5 Å². The molecule has 0 aliphatic rings. The quantitative estimate of drug-likeness (QED) is 0.178. The van der Waals surface area contributed by atoms with Crippen molar-refractivity contribution in [3.63, 3.8) is 0 Å². The van der Waals surface area contributed by atoms with Crippen molar-refractivity contribution in [2.75, 3.05) is 26.2 Å². The molecular formula is C24H35Cl2N3O3. The van der Waals surface area contributed by atoms with Crippen LogP contribution in [-0.2, 0) is 14.3 Å². The van der Waals surface area contributed by atoms with Crippen LogP contribution in [0.5, 0.6) is 0 Å². The molecule has 1 aromatic carbocycles. The molecule has 0 fully saturated rings. The van der Waals surface area contributed by atoms with Gasteiger partial charge in [-0.05, 0) is 52.0 Å². The molecule has 178 valence electrons. The van der Waals surface area contributed by atoms with E-state index in [0.29, 0.717) is 33.6 Å². The van der Waals surface area contributed by atoms with Gasteiger partial charge in [-0.25, -0.2) is 0 Å². The Balaban J connectivity index is 3.17. The summed E-state index contributed by atoms with van der Waals surface area (Å²) in [6.07, 6.45) is 4.39. The number of halogens is 2. The van der Waals surface area contributed by atoms with E-state index in [-0.39, 0.29) is 24.0 Å². The van der Waals surface area contributed by atoms with Crippen molar-refractivity contribution in [1.29, 1.82) is 0 Å². The maximum Gasteiger partial charge on any atom is 0.270 e. The summed E-state index contributed by atoms with van der Waals surface area (Å²) >= 11 is 12.2. The maximum atomic E-state index is 13.3. The number of hydrogen-bond donors (Lipinski definition) is 1. The SMILES string of the molecule is C/C=C(/C=C(\CC)OCC(C)/C(=N\Nc1cc(Cl)cc(Cl)c1)C(=O)N(C)C(C)(C)C)OC. The molecule has 0 saturated heterocycles. The van der Waals surface area contributed by atoms with Crippen molar-refractivity contribution >= 4 is 40.5 Å². The normalized spacial score (nSPS) is 14.1. The fourth-order valence-electron chi connectivity index (χ4n) is 2.56. The number of benzene rings is 1. The van der Waals surface area contributed by atoms with Gasteiger partial charge in [-0.2, -0.15) is 5.10 Å². The highest BCUT2D eigenvalue weighted by Crippen LogP contribution is 2.23. The van der Waals surface area contributed by atoms with Gasteiger partial charge in [-0.3, -0.25) is 10.2 Å². The summed E-state index contributed by atoms with van der Waals surface area (Å²) in [4.78, 5) is 14.9. The highest BCUT2D eigenvalue weighted by molar-refractivity contribution is 6.39. The minimum absolute atomic E-state index is 0.192. The van der Waals surface area contributed by atoms with Gasteiger partial charge >= 0.3 is 0 Å². The van der Waals surface area contributed by atoms with Crippen LogP contribution >= 0.6 is 23.2 Å². The number of nitrogens with zero attached hydrogens (tertiary/aromatic N) is 2. The first kappa shape index (κ1) is 27.9. The molecule has 0 radical (unpaired) electrons. The van der Waals surface area contributed by atoms with E-state index in [4.69, 9.17) is 32.7 Å². The Kier molecular flexibility index (Phi) is 11.1. The maximum absolute atomic E-state index is 13.3. The largest absolute Gasteiger partial charge is 0.497 e. The predicted octanol–water partition coefficient (Wildman–Crippen LogP) is 6.52. The highest BCUT2D eigenvalue weighted by atomic mass is 35.5. The summed E-state index contributed by atoms with van der Waals surface area (Å²) in [6, 6.07) is 5.01. The Morgan fingerprint density at radius 1 is 1.25 bits per heavy atom. The van der Waals surface area contributed by atoms with Crippen LogP contribution in [-0.4, -0.2) is 42.8 Å². The van der Waals surface area contributed by atoms with Gasteiger partial charge < -0.3 is 14.4 Å². The van der Waals surface area contributed by atoms with E-state index in [1.165, 1.54) is 0 Å². The number of hydrazone groups is 1. The van der Waals surface area contributed by atoms with E-state index in [0.717, 1.165) is 5.76 Å². The highest BCUT2D eigenvalue weighted by Gasteiger charge is 2.29.